The van der Waals surface area contributed by atoms with Gasteiger partial charge in [-0.2, -0.15) is 5.26 Å². The molecule has 0 aliphatic rings. The van der Waals surface area contributed by atoms with E-state index in [4.69, 9.17) is 5.26 Å². The molecule has 72 valence electrons. The summed E-state index contributed by atoms with van der Waals surface area (Å²) >= 11 is 0. The standard InChI is InChI=1S/C13H15N/c1-3-4-5-11(2)13-8-6-12(10-14)7-9-13/h3-4,6-9,11H,5H2,1-2H3/b4-3-. The molecule has 0 bridgehead atoms. The minimum absolute atomic E-state index is 0.527. The van der Waals surface area contributed by atoms with E-state index in [1.807, 2.05) is 31.2 Å². The highest BCUT2D eigenvalue weighted by atomic mass is 14.2. The third-order valence-corrected chi connectivity index (χ3v) is 2.33. The number of benzene rings is 1. The lowest BCUT2D eigenvalue weighted by Crippen LogP contribution is -1.91. The fourth-order valence-electron chi connectivity index (χ4n) is 1.36. The lowest BCUT2D eigenvalue weighted by Gasteiger charge is -2.08. The molecule has 0 aliphatic heterocycles. The maximum atomic E-state index is 8.65. The van der Waals surface area contributed by atoms with E-state index < -0.39 is 0 Å². The highest BCUT2D eigenvalue weighted by Gasteiger charge is 2.02. The molecule has 1 atom stereocenters. The summed E-state index contributed by atoms with van der Waals surface area (Å²) in [5.41, 5.74) is 2.02. The van der Waals surface area contributed by atoms with E-state index in [0.717, 1.165) is 12.0 Å². The van der Waals surface area contributed by atoms with Crippen LogP contribution in [0.5, 0.6) is 0 Å². The second-order valence-corrected chi connectivity index (χ2v) is 3.44. The van der Waals surface area contributed by atoms with Crippen LogP contribution in [-0.2, 0) is 0 Å². The molecule has 0 saturated heterocycles. The van der Waals surface area contributed by atoms with E-state index in [2.05, 4.69) is 25.1 Å². The van der Waals surface area contributed by atoms with Crippen molar-refractivity contribution in [2.45, 2.75) is 26.2 Å². The summed E-state index contributed by atoms with van der Waals surface area (Å²) in [6, 6.07) is 9.94. The Morgan fingerprint density at radius 2 is 2.00 bits per heavy atom. The van der Waals surface area contributed by atoms with E-state index in [0.29, 0.717) is 5.92 Å². The molecule has 1 aromatic rings. The van der Waals surface area contributed by atoms with Gasteiger partial charge in [-0.15, -0.1) is 0 Å². The van der Waals surface area contributed by atoms with E-state index in [1.54, 1.807) is 0 Å². The second kappa shape index (κ2) is 5.24. The van der Waals surface area contributed by atoms with E-state index >= 15 is 0 Å². The Balaban J connectivity index is 2.72. The summed E-state index contributed by atoms with van der Waals surface area (Å²) < 4.78 is 0. The molecule has 0 fully saturated rings. The average molecular weight is 185 g/mol. The summed E-state index contributed by atoms with van der Waals surface area (Å²) in [5, 5.41) is 8.65. The molecule has 0 radical (unpaired) electrons. The molecule has 1 nitrogen and oxygen atoms in total. The van der Waals surface area contributed by atoms with Crippen molar-refractivity contribution in [2.24, 2.45) is 0 Å². The van der Waals surface area contributed by atoms with Gasteiger partial charge in [0.1, 0.15) is 0 Å². The molecule has 1 aromatic carbocycles. The van der Waals surface area contributed by atoms with Gasteiger partial charge in [-0.3, -0.25) is 0 Å². The molecule has 1 heteroatoms. The SMILES string of the molecule is C/C=C\CC(C)c1ccc(C#N)cc1. The van der Waals surface area contributed by atoms with Gasteiger partial charge >= 0.3 is 0 Å². The fourth-order valence-corrected chi connectivity index (χ4v) is 1.36. The molecular weight excluding hydrogens is 170 g/mol. The molecule has 0 aromatic heterocycles. The number of hydrogen-bond donors (Lipinski definition) is 0. The van der Waals surface area contributed by atoms with Gasteiger partial charge in [0.15, 0.2) is 0 Å². The van der Waals surface area contributed by atoms with Gasteiger partial charge in [-0.1, -0.05) is 31.2 Å². The minimum Gasteiger partial charge on any atom is -0.192 e. The minimum atomic E-state index is 0.527. The summed E-state index contributed by atoms with van der Waals surface area (Å²) in [7, 11) is 0. The Hall–Kier alpha value is -1.55. The molecule has 1 rings (SSSR count). The summed E-state index contributed by atoms with van der Waals surface area (Å²) in [4.78, 5) is 0. The van der Waals surface area contributed by atoms with Gasteiger partial charge in [0.25, 0.3) is 0 Å². The Bertz CT molecular complexity index is 340. The van der Waals surface area contributed by atoms with Crippen LogP contribution in [0.15, 0.2) is 36.4 Å². The molecule has 0 amide bonds. The molecule has 1 unspecified atom stereocenters. The summed E-state index contributed by atoms with van der Waals surface area (Å²) in [6.45, 7) is 4.23. The number of nitrogens with zero attached hydrogens (tertiary/aromatic N) is 1. The van der Waals surface area contributed by atoms with Gasteiger partial charge in [0.05, 0.1) is 11.6 Å². The van der Waals surface area contributed by atoms with Crippen molar-refractivity contribution in [1.29, 1.82) is 5.26 Å². The summed E-state index contributed by atoms with van der Waals surface area (Å²) in [5.74, 6) is 0.527. The molecule has 0 saturated carbocycles. The predicted octanol–water partition coefficient (Wildman–Crippen LogP) is 3.63. The van der Waals surface area contributed by atoms with Crippen molar-refractivity contribution in [2.75, 3.05) is 0 Å². The highest BCUT2D eigenvalue weighted by Crippen LogP contribution is 2.19. The maximum Gasteiger partial charge on any atom is 0.0991 e. The second-order valence-electron chi connectivity index (χ2n) is 3.44. The Morgan fingerprint density at radius 1 is 1.36 bits per heavy atom. The zero-order valence-corrected chi connectivity index (χ0v) is 8.70. The predicted molar refractivity (Wildman–Crippen MR) is 59.0 cm³/mol. The van der Waals surface area contributed by atoms with Crippen LogP contribution < -0.4 is 0 Å². The largest absolute Gasteiger partial charge is 0.192 e. The first kappa shape index (κ1) is 10.5. The first-order valence-electron chi connectivity index (χ1n) is 4.89. The van der Waals surface area contributed by atoms with Crippen molar-refractivity contribution in [3.05, 3.63) is 47.5 Å². The van der Waals surface area contributed by atoms with Crippen molar-refractivity contribution in [3.8, 4) is 6.07 Å². The van der Waals surface area contributed by atoms with Crippen LogP contribution in [0.4, 0.5) is 0 Å². The lowest BCUT2D eigenvalue weighted by molar-refractivity contribution is 0.780. The average Bonchev–Trinajstić information content (AvgIpc) is 2.26. The first-order valence-corrected chi connectivity index (χ1v) is 4.89. The zero-order valence-electron chi connectivity index (χ0n) is 8.70. The van der Waals surface area contributed by atoms with Crippen LogP contribution in [0.3, 0.4) is 0 Å². The Morgan fingerprint density at radius 3 is 2.50 bits per heavy atom. The van der Waals surface area contributed by atoms with Crippen molar-refractivity contribution in [3.63, 3.8) is 0 Å². The first-order chi connectivity index (χ1) is 6.77. The molecular formula is C13H15N. The quantitative estimate of drug-likeness (QED) is 0.660. The van der Waals surface area contributed by atoms with Crippen LogP contribution in [0, 0.1) is 11.3 Å². The van der Waals surface area contributed by atoms with E-state index in [1.165, 1.54) is 5.56 Å². The highest BCUT2D eigenvalue weighted by molar-refractivity contribution is 5.33. The fraction of sp³-hybridized carbons (Fsp3) is 0.308. The van der Waals surface area contributed by atoms with E-state index in [-0.39, 0.29) is 0 Å². The van der Waals surface area contributed by atoms with Gasteiger partial charge in [-0.05, 0) is 37.0 Å². The van der Waals surface area contributed by atoms with Gasteiger partial charge in [-0.25, -0.2) is 0 Å². The number of rotatable bonds is 3. The Labute approximate surface area is 85.7 Å². The van der Waals surface area contributed by atoms with Crippen LogP contribution in [0.25, 0.3) is 0 Å². The Kier molecular flexibility index (Phi) is 3.94. The molecule has 14 heavy (non-hydrogen) atoms. The van der Waals surface area contributed by atoms with Crippen LogP contribution in [0.1, 0.15) is 37.3 Å². The van der Waals surface area contributed by atoms with Crippen molar-refractivity contribution < 1.29 is 0 Å². The van der Waals surface area contributed by atoms with Crippen molar-refractivity contribution in [1.82, 2.24) is 0 Å². The maximum absolute atomic E-state index is 8.65. The van der Waals surface area contributed by atoms with Crippen LogP contribution in [-0.4, -0.2) is 0 Å². The third-order valence-electron chi connectivity index (χ3n) is 2.33. The molecule has 0 N–H and O–H groups in total. The lowest BCUT2D eigenvalue weighted by atomic mass is 9.97. The third kappa shape index (κ3) is 2.74. The van der Waals surface area contributed by atoms with Crippen LogP contribution >= 0.6 is 0 Å². The van der Waals surface area contributed by atoms with Crippen molar-refractivity contribution >= 4 is 0 Å². The van der Waals surface area contributed by atoms with Gasteiger partial charge < -0.3 is 0 Å². The van der Waals surface area contributed by atoms with E-state index in [9.17, 15) is 0 Å². The van der Waals surface area contributed by atoms with Crippen LogP contribution in [0.2, 0.25) is 0 Å². The normalized spacial score (nSPS) is 12.6. The topological polar surface area (TPSA) is 23.8 Å². The van der Waals surface area contributed by atoms with Gasteiger partial charge in [0.2, 0.25) is 0 Å². The van der Waals surface area contributed by atoms with Gasteiger partial charge in [0, 0.05) is 0 Å². The smallest absolute Gasteiger partial charge is 0.0991 e. The zero-order chi connectivity index (χ0) is 10.4. The number of allylic oxidation sites excluding steroid dienone is 2. The molecule has 0 spiro atoms. The monoisotopic (exact) mass is 185 g/mol. The molecule has 0 aliphatic carbocycles. The number of hydrogen-bond acceptors (Lipinski definition) is 1. The molecule has 0 heterocycles. The number of nitriles is 1. The summed E-state index contributed by atoms with van der Waals surface area (Å²) in [6.07, 6.45) is 5.30.